The van der Waals surface area contributed by atoms with Crippen molar-refractivity contribution in [3.8, 4) is 23.0 Å². The Bertz CT molecular complexity index is 835. The molecule has 1 aromatic heterocycles. The van der Waals surface area contributed by atoms with Crippen molar-refractivity contribution < 1.29 is 19.4 Å². The van der Waals surface area contributed by atoms with E-state index >= 15 is 0 Å². The van der Waals surface area contributed by atoms with Crippen molar-refractivity contribution in [2.75, 3.05) is 0 Å². The standard InChI is InChI=1S/C15H10O5/c16-10-3-1-2-4-12(10)19-14-7-9-5-6-15(18)20-13(9)8-11(14)17/h1-8,16-17H. The van der Waals surface area contributed by atoms with Crippen LogP contribution < -0.4 is 10.4 Å². The van der Waals surface area contributed by atoms with Crippen molar-refractivity contribution in [2.45, 2.75) is 0 Å². The van der Waals surface area contributed by atoms with E-state index in [1.807, 2.05) is 0 Å². The van der Waals surface area contributed by atoms with E-state index in [9.17, 15) is 15.0 Å². The first-order valence-corrected chi connectivity index (χ1v) is 5.86. The average Bonchev–Trinajstić information content (AvgIpc) is 2.42. The Kier molecular flexibility index (Phi) is 2.80. The molecule has 0 saturated heterocycles. The second-order valence-corrected chi connectivity index (χ2v) is 4.18. The average molecular weight is 270 g/mol. The number of hydrogen-bond donors (Lipinski definition) is 2. The summed E-state index contributed by atoms with van der Waals surface area (Å²) in [5.74, 6) is 0.161. The third-order valence-electron chi connectivity index (χ3n) is 2.79. The van der Waals surface area contributed by atoms with E-state index in [1.165, 1.54) is 24.3 Å². The number of benzene rings is 2. The summed E-state index contributed by atoms with van der Waals surface area (Å²) in [6, 6.07) is 12.1. The second kappa shape index (κ2) is 4.62. The molecule has 0 amide bonds. The van der Waals surface area contributed by atoms with Gasteiger partial charge in [0, 0.05) is 17.5 Å². The highest BCUT2D eigenvalue weighted by Gasteiger charge is 2.10. The molecule has 0 fully saturated rings. The summed E-state index contributed by atoms with van der Waals surface area (Å²) in [4.78, 5) is 11.1. The quantitative estimate of drug-likeness (QED) is 0.700. The molecule has 0 unspecified atom stereocenters. The molecule has 100 valence electrons. The highest BCUT2D eigenvalue weighted by molar-refractivity contribution is 5.80. The van der Waals surface area contributed by atoms with Gasteiger partial charge < -0.3 is 19.4 Å². The van der Waals surface area contributed by atoms with Crippen LogP contribution in [0.15, 0.2) is 57.7 Å². The molecule has 2 N–H and O–H groups in total. The maximum Gasteiger partial charge on any atom is 0.336 e. The Morgan fingerprint density at radius 1 is 0.900 bits per heavy atom. The SMILES string of the molecule is O=c1ccc2cc(Oc3ccccc3O)c(O)cc2o1. The summed E-state index contributed by atoms with van der Waals surface area (Å²) in [5, 5.41) is 20.1. The number of fused-ring (bicyclic) bond motifs is 1. The number of hydrogen-bond acceptors (Lipinski definition) is 5. The van der Waals surface area contributed by atoms with Crippen LogP contribution in [0, 0.1) is 0 Å². The van der Waals surface area contributed by atoms with Gasteiger partial charge in [0.25, 0.3) is 0 Å². The fourth-order valence-corrected chi connectivity index (χ4v) is 1.83. The van der Waals surface area contributed by atoms with E-state index in [4.69, 9.17) is 9.15 Å². The minimum Gasteiger partial charge on any atom is -0.504 e. The molecule has 20 heavy (non-hydrogen) atoms. The van der Waals surface area contributed by atoms with E-state index in [0.29, 0.717) is 5.39 Å². The van der Waals surface area contributed by atoms with Crippen molar-refractivity contribution in [1.29, 1.82) is 0 Å². The Hall–Kier alpha value is -2.95. The van der Waals surface area contributed by atoms with Crippen molar-refractivity contribution in [3.63, 3.8) is 0 Å². The zero-order chi connectivity index (χ0) is 14.1. The molecular formula is C15H10O5. The monoisotopic (exact) mass is 270 g/mol. The van der Waals surface area contributed by atoms with Gasteiger partial charge in [-0.15, -0.1) is 0 Å². The first kappa shape index (κ1) is 12.1. The number of phenols is 2. The zero-order valence-corrected chi connectivity index (χ0v) is 10.2. The summed E-state index contributed by atoms with van der Waals surface area (Å²) in [6.45, 7) is 0. The van der Waals surface area contributed by atoms with Gasteiger partial charge in [0.1, 0.15) is 5.58 Å². The van der Waals surface area contributed by atoms with Crippen molar-refractivity contribution >= 4 is 11.0 Å². The molecular weight excluding hydrogens is 260 g/mol. The number of ether oxygens (including phenoxy) is 1. The molecule has 5 nitrogen and oxygen atoms in total. The minimum absolute atomic E-state index is 0.0356. The minimum atomic E-state index is -0.494. The molecule has 0 aliphatic rings. The molecule has 0 aliphatic heterocycles. The van der Waals surface area contributed by atoms with E-state index < -0.39 is 5.63 Å². The Labute approximate surface area is 113 Å². The van der Waals surface area contributed by atoms with Gasteiger partial charge in [-0.05, 0) is 24.3 Å². The number of aromatic hydroxyl groups is 2. The van der Waals surface area contributed by atoms with Gasteiger partial charge in [-0.2, -0.15) is 0 Å². The molecule has 1 heterocycles. The lowest BCUT2D eigenvalue weighted by Crippen LogP contribution is -1.94. The highest BCUT2D eigenvalue weighted by atomic mass is 16.5. The maximum absolute atomic E-state index is 11.1. The Morgan fingerprint density at radius 2 is 1.70 bits per heavy atom. The molecule has 2 aromatic carbocycles. The lowest BCUT2D eigenvalue weighted by Gasteiger charge is -2.09. The Balaban J connectivity index is 2.08. The third-order valence-corrected chi connectivity index (χ3v) is 2.79. The van der Waals surface area contributed by atoms with Crippen molar-refractivity contribution in [3.05, 3.63) is 59.0 Å². The van der Waals surface area contributed by atoms with Gasteiger partial charge in [-0.3, -0.25) is 0 Å². The lowest BCUT2D eigenvalue weighted by molar-refractivity contribution is 0.385. The highest BCUT2D eigenvalue weighted by Crippen LogP contribution is 2.37. The summed E-state index contributed by atoms with van der Waals surface area (Å²) < 4.78 is 10.4. The molecule has 0 aliphatic carbocycles. The fourth-order valence-electron chi connectivity index (χ4n) is 1.83. The van der Waals surface area contributed by atoms with Gasteiger partial charge in [0.15, 0.2) is 23.0 Å². The predicted molar refractivity (Wildman–Crippen MR) is 72.3 cm³/mol. The molecule has 0 radical (unpaired) electrons. The fraction of sp³-hybridized carbons (Fsp3) is 0. The normalized spacial score (nSPS) is 10.6. The first-order chi connectivity index (χ1) is 9.63. The van der Waals surface area contributed by atoms with Crippen LogP contribution in [-0.4, -0.2) is 10.2 Å². The van der Waals surface area contributed by atoms with E-state index in [-0.39, 0.29) is 28.6 Å². The van der Waals surface area contributed by atoms with Gasteiger partial charge in [0.2, 0.25) is 0 Å². The van der Waals surface area contributed by atoms with Gasteiger partial charge in [-0.1, -0.05) is 12.1 Å². The topological polar surface area (TPSA) is 79.9 Å². The molecule has 0 atom stereocenters. The predicted octanol–water partition coefficient (Wildman–Crippen LogP) is 3.00. The van der Waals surface area contributed by atoms with E-state index in [0.717, 1.165) is 0 Å². The van der Waals surface area contributed by atoms with Crippen LogP contribution in [0.5, 0.6) is 23.0 Å². The van der Waals surface area contributed by atoms with Crippen LogP contribution in [0.4, 0.5) is 0 Å². The molecule has 5 heteroatoms. The van der Waals surface area contributed by atoms with Gasteiger partial charge in [0.05, 0.1) is 0 Å². The summed E-state index contributed by atoms with van der Waals surface area (Å²) in [5.41, 5.74) is -0.231. The van der Waals surface area contributed by atoms with Gasteiger partial charge >= 0.3 is 5.63 Å². The van der Waals surface area contributed by atoms with Crippen LogP contribution in [0.3, 0.4) is 0 Å². The smallest absolute Gasteiger partial charge is 0.336 e. The number of rotatable bonds is 2. The number of para-hydroxylation sites is 2. The van der Waals surface area contributed by atoms with Crippen LogP contribution >= 0.6 is 0 Å². The van der Waals surface area contributed by atoms with Gasteiger partial charge in [-0.25, -0.2) is 4.79 Å². The zero-order valence-electron chi connectivity index (χ0n) is 10.2. The summed E-state index contributed by atoms with van der Waals surface area (Å²) in [7, 11) is 0. The summed E-state index contributed by atoms with van der Waals surface area (Å²) in [6.07, 6.45) is 0. The first-order valence-electron chi connectivity index (χ1n) is 5.86. The van der Waals surface area contributed by atoms with E-state index in [1.54, 1.807) is 24.3 Å². The van der Waals surface area contributed by atoms with Crippen molar-refractivity contribution in [2.24, 2.45) is 0 Å². The van der Waals surface area contributed by atoms with Crippen molar-refractivity contribution in [1.82, 2.24) is 0 Å². The molecule has 3 aromatic rings. The van der Waals surface area contributed by atoms with Crippen LogP contribution in [0.1, 0.15) is 0 Å². The Morgan fingerprint density at radius 3 is 2.50 bits per heavy atom. The largest absolute Gasteiger partial charge is 0.504 e. The second-order valence-electron chi connectivity index (χ2n) is 4.18. The van der Waals surface area contributed by atoms with Crippen LogP contribution in [-0.2, 0) is 0 Å². The molecule has 0 saturated carbocycles. The number of phenolic OH excluding ortho intramolecular Hbond substituents is 2. The summed E-state index contributed by atoms with van der Waals surface area (Å²) >= 11 is 0. The lowest BCUT2D eigenvalue weighted by atomic mass is 10.2. The molecule has 0 spiro atoms. The molecule has 0 bridgehead atoms. The van der Waals surface area contributed by atoms with Crippen LogP contribution in [0.2, 0.25) is 0 Å². The molecule has 3 rings (SSSR count). The van der Waals surface area contributed by atoms with E-state index in [2.05, 4.69) is 0 Å². The third kappa shape index (κ3) is 2.16. The van der Waals surface area contributed by atoms with Crippen LogP contribution in [0.25, 0.3) is 11.0 Å². The maximum atomic E-state index is 11.1.